The Hall–Kier alpha value is -1.02. The quantitative estimate of drug-likeness (QED) is 0.817. The second kappa shape index (κ2) is 6.42. The fraction of sp³-hybridized carbons (Fsp3) is 0.647. The fourth-order valence-electron chi connectivity index (χ4n) is 3.41. The Labute approximate surface area is 116 Å². The monoisotopic (exact) mass is 259 g/mol. The fourth-order valence-corrected chi connectivity index (χ4v) is 3.41. The van der Waals surface area contributed by atoms with Gasteiger partial charge in [-0.1, -0.05) is 50.3 Å². The van der Waals surface area contributed by atoms with Gasteiger partial charge in [-0.25, -0.2) is 0 Å². The van der Waals surface area contributed by atoms with E-state index in [0.717, 1.165) is 31.2 Å². The summed E-state index contributed by atoms with van der Waals surface area (Å²) in [7, 11) is 0. The normalized spacial score (nSPS) is 23.1. The highest BCUT2D eigenvalue weighted by atomic mass is 16.5. The summed E-state index contributed by atoms with van der Waals surface area (Å²) in [6, 6.07) is 8.41. The standard InChI is InChI=1S/C17H25NO/c1-2-6-14(7-3-1)10-11-18-13-16-12-15-8-4-5-9-17(15)19-16/h4-5,8-9,14,16,18H,1-3,6-7,10-13H2. The van der Waals surface area contributed by atoms with Crippen molar-refractivity contribution in [2.24, 2.45) is 5.92 Å². The number of rotatable bonds is 5. The number of nitrogens with one attached hydrogen (secondary N) is 1. The summed E-state index contributed by atoms with van der Waals surface area (Å²) in [5.74, 6) is 2.06. The molecule has 1 atom stereocenters. The third-order valence-corrected chi connectivity index (χ3v) is 4.54. The lowest BCUT2D eigenvalue weighted by molar-refractivity contribution is 0.225. The third-order valence-electron chi connectivity index (χ3n) is 4.54. The average molecular weight is 259 g/mol. The Morgan fingerprint density at radius 1 is 1.11 bits per heavy atom. The molecule has 0 aromatic heterocycles. The van der Waals surface area contributed by atoms with Gasteiger partial charge in [-0.3, -0.25) is 0 Å². The van der Waals surface area contributed by atoms with Crippen molar-refractivity contribution in [2.45, 2.75) is 51.0 Å². The molecule has 1 heterocycles. The number of hydrogen-bond acceptors (Lipinski definition) is 2. The van der Waals surface area contributed by atoms with E-state index in [0.29, 0.717) is 6.10 Å². The molecule has 0 bridgehead atoms. The van der Waals surface area contributed by atoms with E-state index in [2.05, 4.69) is 29.6 Å². The first-order chi connectivity index (χ1) is 9.42. The molecule has 0 amide bonds. The number of hydrogen-bond donors (Lipinski definition) is 1. The lowest BCUT2D eigenvalue weighted by Crippen LogP contribution is -2.31. The number of para-hydroxylation sites is 1. The predicted octanol–water partition coefficient (Wildman–Crippen LogP) is 3.55. The Morgan fingerprint density at radius 3 is 2.79 bits per heavy atom. The van der Waals surface area contributed by atoms with Crippen molar-refractivity contribution in [1.82, 2.24) is 5.32 Å². The van der Waals surface area contributed by atoms with Gasteiger partial charge in [0.1, 0.15) is 11.9 Å². The first-order valence-corrected chi connectivity index (χ1v) is 7.87. The molecule has 0 spiro atoms. The molecular weight excluding hydrogens is 234 g/mol. The molecule has 1 fully saturated rings. The van der Waals surface area contributed by atoms with Crippen LogP contribution < -0.4 is 10.1 Å². The number of ether oxygens (including phenoxy) is 1. The Kier molecular flexibility index (Phi) is 4.39. The highest BCUT2D eigenvalue weighted by Crippen LogP contribution is 2.28. The molecule has 0 radical (unpaired) electrons. The molecule has 1 unspecified atom stereocenters. The van der Waals surface area contributed by atoms with Crippen LogP contribution >= 0.6 is 0 Å². The molecule has 104 valence electrons. The lowest BCUT2D eigenvalue weighted by atomic mass is 9.87. The molecule has 1 N–H and O–H groups in total. The molecule has 19 heavy (non-hydrogen) atoms. The molecular formula is C17H25NO. The van der Waals surface area contributed by atoms with Crippen LogP contribution in [-0.4, -0.2) is 19.2 Å². The summed E-state index contributed by atoms with van der Waals surface area (Å²) in [5.41, 5.74) is 1.36. The van der Waals surface area contributed by atoms with Crippen LogP contribution in [0.4, 0.5) is 0 Å². The van der Waals surface area contributed by atoms with Crippen molar-refractivity contribution >= 4 is 0 Å². The topological polar surface area (TPSA) is 21.3 Å². The van der Waals surface area contributed by atoms with Crippen LogP contribution in [0.15, 0.2) is 24.3 Å². The summed E-state index contributed by atoms with van der Waals surface area (Å²) >= 11 is 0. The zero-order valence-corrected chi connectivity index (χ0v) is 11.7. The van der Waals surface area contributed by atoms with Crippen molar-refractivity contribution in [1.29, 1.82) is 0 Å². The van der Waals surface area contributed by atoms with E-state index in [1.54, 1.807) is 0 Å². The molecule has 1 saturated carbocycles. The lowest BCUT2D eigenvalue weighted by Gasteiger charge is -2.21. The Morgan fingerprint density at radius 2 is 1.95 bits per heavy atom. The van der Waals surface area contributed by atoms with E-state index < -0.39 is 0 Å². The molecule has 0 saturated heterocycles. The highest BCUT2D eigenvalue weighted by Gasteiger charge is 2.21. The number of fused-ring (bicyclic) bond motifs is 1. The summed E-state index contributed by atoms with van der Waals surface area (Å²) in [6.07, 6.45) is 10.0. The van der Waals surface area contributed by atoms with Crippen LogP contribution in [0.2, 0.25) is 0 Å². The molecule has 2 aliphatic rings. The van der Waals surface area contributed by atoms with Crippen molar-refractivity contribution in [3.8, 4) is 5.75 Å². The maximum absolute atomic E-state index is 5.94. The second-order valence-electron chi connectivity index (χ2n) is 6.05. The maximum atomic E-state index is 5.94. The first kappa shape index (κ1) is 13.0. The minimum absolute atomic E-state index is 0.337. The van der Waals surface area contributed by atoms with Gasteiger partial charge in [0.2, 0.25) is 0 Å². The molecule has 1 aromatic rings. The van der Waals surface area contributed by atoms with Gasteiger partial charge in [0.05, 0.1) is 0 Å². The Bertz CT molecular complexity index is 373. The Balaban J connectivity index is 1.33. The SMILES string of the molecule is c1ccc2c(c1)CC(CNCCC1CCCCC1)O2. The highest BCUT2D eigenvalue weighted by molar-refractivity contribution is 5.37. The van der Waals surface area contributed by atoms with E-state index in [1.165, 1.54) is 44.1 Å². The van der Waals surface area contributed by atoms with Gasteiger partial charge in [0, 0.05) is 13.0 Å². The van der Waals surface area contributed by atoms with E-state index in [-0.39, 0.29) is 0 Å². The van der Waals surface area contributed by atoms with Crippen LogP contribution in [0.25, 0.3) is 0 Å². The largest absolute Gasteiger partial charge is 0.488 e. The van der Waals surface area contributed by atoms with Crippen LogP contribution in [0, 0.1) is 5.92 Å². The molecule has 1 aliphatic heterocycles. The van der Waals surface area contributed by atoms with Gasteiger partial charge in [0.15, 0.2) is 0 Å². The summed E-state index contributed by atoms with van der Waals surface area (Å²) in [6.45, 7) is 2.14. The van der Waals surface area contributed by atoms with E-state index in [4.69, 9.17) is 4.74 Å². The zero-order valence-electron chi connectivity index (χ0n) is 11.7. The predicted molar refractivity (Wildman–Crippen MR) is 78.6 cm³/mol. The van der Waals surface area contributed by atoms with Crippen molar-refractivity contribution in [3.63, 3.8) is 0 Å². The van der Waals surface area contributed by atoms with Gasteiger partial charge in [-0.2, -0.15) is 0 Å². The van der Waals surface area contributed by atoms with Gasteiger partial charge < -0.3 is 10.1 Å². The summed E-state index contributed by atoms with van der Waals surface area (Å²) in [4.78, 5) is 0. The van der Waals surface area contributed by atoms with Crippen LogP contribution in [0.5, 0.6) is 5.75 Å². The smallest absolute Gasteiger partial charge is 0.123 e. The summed E-state index contributed by atoms with van der Waals surface area (Å²) in [5, 5.41) is 3.58. The zero-order chi connectivity index (χ0) is 12.9. The number of benzene rings is 1. The van der Waals surface area contributed by atoms with Crippen LogP contribution in [0.1, 0.15) is 44.1 Å². The summed E-state index contributed by atoms with van der Waals surface area (Å²) < 4.78 is 5.94. The van der Waals surface area contributed by atoms with E-state index >= 15 is 0 Å². The van der Waals surface area contributed by atoms with Gasteiger partial charge in [-0.15, -0.1) is 0 Å². The average Bonchev–Trinajstić information content (AvgIpc) is 2.87. The minimum Gasteiger partial charge on any atom is -0.488 e. The minimum atomic E-state index is 0.337. The van der Waals surface area contributed by atoms with Gasteiger partial charge in [-0.05, 0) is 30.5 Å². The first-order valence-electron chi connectivity index (χ1n) is 7.87. The molecule has 2 heteroatoms. The third kappa shape index (κ3) is 3.50. The van der Waals surface area contributed by atoms with E-state index in [1.807, 2.05) is 0 Å². The van der Waals surface area contributed by atoms with Crippen molar-refractivity contribution in [2.75, 3.05) is 13.1 Å². The van der Waals surface area contributed by atoms with Gasteiger partial charge in [0.25, 0.3) is 0 Å². The van der Waals surface area contributed by atoms with Crippen molar-refractivity contribution in [3.05, 3.63) is 29.8 Å². The van der Waals surface area contributed by atoms with Gasteiger partial charge >= 0.3 is 0 Å². The van der Waals surface area contributed by atoms with Crippen LogP contribution in [0.3, 0.4) is 0 Å². The van der Waals surface area contributed by atoms with Crippen LogP contribution in [-0.2, 0) is 6.42 Å². The van der Waals surface area contributed by atoms with E-state index in [9.17, 15) is 0 Å². The van der Waals surface area contributed by atoms with Crippen molar-refractivity contribution < 1.29 is 4.74 Å². The molecule has 3 rings (SSSR count). The maximum Gasteiger partial charge on any atom is 0.123 e. The molecule has 1 aromatic carbocycles. The molecule has 2 nitrogen and oxygen atoms in total. The molecule has 1 aliphatic carbocycles. The second-order valence-corrected chi connectivity index (χ2v) is 6.05.